The maximum atomic E-state index is 10.6. The Labute approximate surface area is 209 Å². The van der Waals surface area contributed by atoms with E-state index in [1.54, 1.807) is 7.11 Å². The number of carboxylic acid groups (broad SMARTS) is 2. The molecule has 2 aliphatic rings. The van der Waals surface area contributed by atoms with Gasteiger partial charge in [0.15, 0.2) is 0 Å². The summed E-state index contributed by atoms with van der Waals surface area (Å²) in [6, 6.07) is 0. The van der Waals surface area contributed by atoms with E-state index in [2.05, 4.69) is 21.5 Å². The number of aryl methyl sites for hydroxylation is 1. The maximum absolute atomic E-state index is 10.6. The molecule has 0 aliphatic carbocycles. The van der Waals surface area contributed by atoms with Crippen LogP contribution >= 0.6 is 0 Å². The van der Waals surface area contributed by atoms with E-state index < -0.39 is 24.3 Å². The topological polar surface area (TPSA) is 123 Å². The number of imidazole rings is 1. The van der Waals surface area contributed by atoms with Gasteiger partial charge in [0, 0.05) is 65.2 Å². The van der Waals surface area contributed by atoms with Crippen LogP contribution in [0.3, 0.4) is 0 Å². The van der Waals surface area contributed by atoms with E-state index in [4.69, 9.17) is 34.0 Å². The smallest absolute Gasteiger partial charge is 0.475 e. The van der Waals surface area contributed by atoms with Crippen molar-refractivity contribution in [1.29, 1.82) is 0 Å². The van der Waals surface area contributed by atoms with E-state index in [9.17, 15) is 26.3 Å². The van der Waals surface area contributed by atoms with Crippen LogP contribution in [0.2, 0.25) is 0 Å². The Kier molecular flexibility index (Phi) is 13.3. The highest BCUT2D eigenvalue weighted by molar-refractivity contribution is 5.73. The average Bonchev–Trinajstić information content (AvgIpc) is 3.18. The molecule has 1 fully saturated rings. The monoisotopic (exact) mass is 551 g/mol. The molecular weight excluding hydrogens is 520 g/mol. The predicted octanol–water partition coefficient (Wildman–Crippen LogP) is 2.68. The summed E-state index contributed by atoms with van der Waals surface area (Å²) < 4.78 is 82.4. The van der Waals surface area contributed by atoms with Crippen LogP contribution in [0.25, 0.3) is 0 Å². The molecule has 1 unspecified atom stereocenters. The molecule has 0 bridgehead atoms. The first-order valence-corrected chi connectivity index (χ1v) is 11.1. The van der Waals surface area contributed by atoms with Crippen molar-refractivity contribution in [2.75, 3.05) is 53.2 Å². The fourth-order valence-corrected chi connectivity index (χ4v) is 3.62. The molecule has 1 aromatic heterocycles. The summed E-state index contributed by atoms with van der Waals surface area (Å²) in [5.41, 5.74) is 2.53. The van der Waals surface area contributed by atoms with Crippen LogP contribution in [-0.2, 0) is 37.4 Å². The SMILES string of the molecule is COCCN1Cc2ncn(C)c2C(COCC2CCOCC2)C1.O=C(O)C(F)(F)F.O=C(O)C(F)(F)F. The van der Waals surface area contributed by atoms with Crippen LogP contribution < -0.4 is 0 Å². The summed E-state index contributed by atoms with van der Waals surface area (Å²) in [4.78, 5) is 24.8. The molecule has 2 aliphatic heterocycles. The first kappa shape index (κ1) is 32.6. The van der Waals surface area contributed by atoms with E-state index in [-0.39, 0.29) is 0 Å². The van der Waals surface area contributed by atoms with Gasteiger partial charge in [0.2, 0.25) is 0 Å². The predicted molar refractivity (Wildman–Crippen MR) is 115 cm³/mol. The van der Waals surface area contributed by atoms with Crippen molar-refractivity contribution >= 4 is 11.9 Å². The molecule has 2 N–H and O–H groups in total. The second-order valence-corrected chi connectivity index (χ2v) is 8.31. The third-order valence-electron chi connectivity index (χ3n) is 5.41. The van der Waals surface area contributed by atoms with Crippen molar-refractivity contribution in [3.05, 3.63) is 17.7 Å². The van der Waals surface area contributed by atoms with Gasteiger partial charge in [0.25, 0.3) is 0 Å². The number of fused-ring (bicyclic) bond motifs is 1. The van der Waals surface area contributed by atoms with E-state index >= 15 is 0 Å². The van der Waals surface area contributed by atoms with Gasteiger partial charge in [0.1, 0.15) is 0 Å². The van der Waals surface area contributed by atoms with Gasteiger partial charge in [-0.1, -0.05) is 0 Å². The molecule has 0 amide bonds. The van der Waals surface area contributed by atoms with Crippen LogP contribution in [0.4, 0.5) is 26.3 Å². The highest BCUT2D eigenvalue weighted by atomic mass is 19.4. The van der Waals surface area contributed by atoms with Crippen molar-refractivity contribution < 1.29 is 60.4 Å². The second-order valence-electron chi connectivity index (χ2n) is 8.31. The molecule has 16 heteroatoms. The number of halogens is 6. The van der Waals surface area contributed by atoms with Crippen LogP contribution in [0.15, 0.2) is 6.33 Å². The molecule has 0 aromatic carbocycles. The third kappa shape index (κ3) is 12.1. The van der Waals surface area contributed by atoms with Crippen molar-refractivity contribution in [3.63, 3.8) is 0 Å². The molecule has 10 nitrogen and oxygen atoms in total. The minimum Gasteiger partial charge on any atom is -0.475 e. The lowest BCUT2D eigenvalue weighted by Gasteiger charge is -2.33. The van der Waals surface area contributed by atoms with Gasteiger partial charge in [-0.05, 0) is 18.8 Å². The number of carbonyl (C=O) groups is 2. The van der Waals surface area contributed by atoms with Crippen molar-refractivity contribution in [2.45, 2.75) is 37.7 Å². The van der Waals surface area contributed by atoms with E-state index in [1.165, 1.54) is 11.4 Å². The number of hydrogen-bond donors (Lipinski definition) is 2. The van der Waals surface area contributed by atoms with Gasteiger partial charge < -0.3 is 29.0 Å². The Balaban J connectivity index is 0.000000404. The number of ether oxygens (including phenoxy) is 3. The molecule has 3 rings (SSSR count). The molecule has 0 saturated carbocycles. The van der Waals surface area contributed by atoms with Gasteiger partial charge >= 0.3 is 24.3 Å². The zero-order valence-corrected chi connectivity index (χ0v) is 20.3. The summed E-state index contributed by atoms with van der Waals surface area (Å²) in [5, 5.41) is 14.2. The highest BCUT2D eigenvalue weighted by Gasteiger charge is 2.39. The van der Waals surface area contributed by atoms with Crippen LogP contribution in [0.1, 0.15) is 30.1 Å². The molecule has 1 aromatic rings. The Bertz CT molecular complexity index is 818. The third-order valence-corrected chi connectivity index (χ3v) is 5.41. The Morgan fingerprint density at radius 1 is 1.08 bits per heavy atom. The minimum absolute atomic E-state index is 0.392. The van der Waals surface area contributed by atoms with E-state index in [0.29, 0.717) is 11.8 Å². The Morgan fingerprint density at radius 3 is 2.11 bits per heavy atom. The maximum Gasteiger partial charge on any atom is 0.490 e. The van der Waals surface area contributed by atoms with Crippen LogP contribution in [0.5, 0.6) is 0 Å². The fraction of sp³-hybridized carbons (Fsp3) is 0.762. The lowest BCUT2D eigenvalue weighted by Crippen LogP contribution is -2.38. The molecule has 0 spiro atoms. The molecule has 0 radical (unpaired) electrons. The molecule has 37 heavy (non-hydrogen) atoms. The lowest BCUT2D eigenvalue weighted by molar-refractivity contribution is -0.193. The van der Waals surface area contributed by atoms with Gasteiger partial charge in [-0.15, -0.1) is 0 Å². The number of methoxy groups -OCH3 is 1. The van der Waals surface area contributed by atoms with Crippen molar-refractivity contribution in [3.8, 4) is 0 Å². The molecule has 1 saturated heterocycles. The quantitative estimate of drug-likeness (QED) is 0.493. The normalized spacial score (nSPS) is 18.6. The number of rotatable bonds is 7. The standard InChI is InChI=1S/C17H29N3O3.2C2HF3O2/c1-19-13-18-16-10-20(5-8-21-2)9-15(17(16)19)12-23-11-14-3-6-22-7-4-14;2*3-2(4,5)1(6)7/h13-15H,3-12H2,1-2H3;2*(H,6,7). The first-order chi connectivity index (χ1) is 17.2. The second kappa shape index (κ2) is 15.1. The van der Waals surface area contributed by atoms with Gasteiger partial charge in [-0.3, -0.25) is 4.90 Å². The zero-order valence-electron chi connectivity index (χ0n) is 20.3. The van der Waals surface area contributed by atoms with Crippen LogP contribution in [-0.4, -0.2) is 102 Å². The number of hydrogen-bond acceptors (Lipinski definition) is 7. The van der Waals surface area contributed by atoms with Crippen molar-refractivity contribution in [1.82, 2.24) is 14.5 Å². The first-order valence-electron chi connectivity index (χ1n) is 11.1. The molecule has 3 heterocycles. The number of nitrogens with zero attached hydrogens (tertiary/aromatic N) is 3. The Morgan fingerprint density at radius 2 is 1.62 bits per heavy atom. The molecule has 1 atom stereocenters. The Hall–Kier alpha value is -2.43. The summed E-state index contributed by atoms with van der Waals surface area (Å²) in [7, 11) is 3.84. The minimum atomic E-state index is -5.08. The largest absolute Gasteiger partial charge is 0.490 e. The summed E-state index contributed by atoms with van der Waals surface area (Å²) >= 11 is 0. The van der Waals surface area contributed by atoms with Crippen molar-refractivity contribution in [2.24, 2.45) is 13.0 Å². The highest BCUT2D eigenvalue weighted by Crippen LogP contribution is 2.28. The summed E-state index contributed by atoms with van der Waals surface area (Å²) in [5.74, 6) is -4.47. The van der Waals surface area contributed by atoms with E-state index in [0.717, 1.165) is 65.5 Å². The van der Waals surface area contributed by atoms with E-state index in [1.807, 2.05) is 6.33 Å². The zero-order chi connectivity index (χ0) is 28.2. The lowest BCUT2D eigenvalue weighted by atomic mass is 9.98. The number of aliphatic carboxylic acids is 2. The summed E-state index contributed by atoms with van der Waals surface area (Å²) in [6.07, 6.45) is -5.99. The fourth-order valence-electron chi connectivity index (χ4n) is 3.62. The van der Waals surface area contributed by atoms with Gasteiger partial charge in [0.05, 0.1) is 25.2 Å². The number of carboxylic acids is 2. The summed E-state index contributed by atoms with van der Waals surface area (Å²) in [6.45, 7) is 7.03. The molecule has 214 valence electrons. The van der Waals surface area contributed by atoms with Crippen LogP contribution in [0, 0.1) is 5.92 Å². The molecular formula is C21H31F6N3O7. The number of aromatic nitrogens is 2. The van der Waals surface area contributed by atoms with Gasteiger partial charge in [-0.25, -0.2) is 14.6 Å². The average molecular weight is 551 g/mol. The number of alkyl halides is 6. The van der Waals surface area contributed by atoms with Gasteiger partial charge in [-0.2, -0.15) is 26.3 Å².